The fourth-order valence-electron chi connectivity index (χ4n) is 2.62. The average Bonchev–Trinajstić information content (AvgIpc) is 2.59. The van der Waals surface area contributed by atoms with Gasteiger partial charge in [0.15, 0.2) is 0 Å². The second-order valence-electron chi connectivity index (χ2n) is 4.36. The van der Waals surface area contributed by atoms with E-state index >= 15 is 0 Å². The summed E-state index contributed by atoms with van der Waals surface area (Å²) in [6.45, 7) is 2.47. The van der Waals surface area contributed by atoms with E-state index in [4.69, 9.17) is 4.74 Å². The third-order valence-electron chi connectivity index (χ3n) is 3.41. The lowest BCUT2D eigenvalue weighted by molar-refractivity contribution is -0.0537. The molecule has 0 bridgehead atoms. The van der Waals surface area contributed by atoms with Crippen LogP contribution in [0.5, 0.6) is 0 Å². The van der Waals surface area contributed by atoms with E-state index in [1.807, 2.05) is 6.07 Å². The first-order chi connectivity index (χ1) is 7.30. The van der Waals surface area contributed by atoms with Crippen LogP contribution in [0.1, 0.15) is 24.0 Å². The van der Waals surface area contributed by atoms with E-state index in [1.54, 1.807) is 6.07 Å². The smallest absolute Gasteiger partial charge is 0.123 e. The zero-order chi connectivity index (χ0) is 10.3. The van der Waals surface area contributed by atoms with Crippen molar-refractivity contribution in [2.45, 2.75) is 25.0 Å². The molecule has 1 fully saturated rings. The van der Waals surface area contributed by atoms with Gasteiger partial charge in [0, 0.05) is 6.54 Å². The summed E-state index contributed by atoms with van der Waals surface area (Å²) in [5.74, 6) is -0.163. The summed E-state index contributed by atoms with van der Waals surface area (Å²) in [7, 11) is 0. The van der Waals surface area contributed by atoms with Gasteiger partial charge in [-0.25, -0.2) is 4.39 Å². The van der Waals surface area contributed by atoms with Crippen LogP contribution in [-0.4, -0.2) is 13.1 Å². The molecule has 1 aromatic carbocycles. The van der Waals surface area contributed by atoms with Crippen molar-refractivity contribution in [3.63, 3.8) is 0 Å². The molecule has 0 aliphatic carbocycles. The molecular weight excluding hydrogens is 193 g/mol. The van der Waals surface area contributed by atoms with Gasteiger partial charge in [-0.1, -0.05) is 6.07 Å². The number of rotatable bonds is 0. The number of nitrogens with one attached hydrogen (secondary N) is 1. The van der Waals surface area contributed by atoms with Crippen LogP contribution in [0.15, 0.2) is 18.2 Å². The molecule has 0 saturated carbocycles. The third-order valence-corrected chi connectivity index (χ3v) is 3.41. The minimum absolute atomic E-state index is 0.163. The van der Waals surface area contributed by atoms with E-state index in [2.05, 4.69) is 5.32 Å². The highest BCUT2D eigenvalue weighted by Gasteiger charge is 2.41. The normalized spacial score (nSPS) is 29.4. The Morgan fingerprint density at radius 1 is 1.40 bits per heavy atom. The summed E-state index contributed by atoms with van der Waals surface area (Å²) in [6.07, 6.45) is 2.09. The molecule has 0 amide bonds. The molecule has 15 heavy (non-hydrogen) atoms. The van der Waals surface area contributed by atoms with Gasteiger partial charge in [0.1, 0.15) is 11.4 Å². The quantitative estimate of drug-likeness (QED) is 0.702. The van der Waals surface area contributed by atoms with Gasteiger partial charge in [0.25, 0.3) is 0 Å². The molecule has 1 spiro atoms. The lowest BCUT2D eigenvalue weighted by atomic mass is 9.86. The van der Waals surface area contributed by atoms with Crippen LogP contribution in [0.3, 0.4) is 0 Å². The Kier molecular flexibility index (Phi) is 2.04. The average molecular weight is 207 g/mol. The van der Waals surface area contributed by atoms with E-state index in [9.17, 15) is 4.39 Å². The minimum atomic E-state index is -0.254. The van der Waals surface area contributed by atoms with Crippen LogP contribution >= 0.6 is 0 Å². The molecule has 2 heterocycles. The summed E-state index contributed by atoms with van der Waals surface area (Å²) in [6, 6.07) is 4.99. The fourth-order valence-corrected chi connectivity index (χ4v) is 2.62. The van der Waals surface area contributed by atoms with Gasteiger partial charge in [-0.05, 0) is 42.6 Å². The van der Waals surface area contributed by atoms with Crippen molar-refractivity contribution in [3.05, 3.63) is 35.1 Å². The lowest BCUT2D eigenvalue weighted by Gasteiger charge is -2.34. The van der Waals surface area contributed by atoms with Crippen molar-refractivity contribution in [2.75, 3.05) is 13.1 Å². The lowest BCUT2D eigenvalue weighted by Crippen LogP contribution is -2.43. The number of hydrogen-bond acceptors (Lipinski definition) is 2. The topological polar surface area (TPSA) is 21.3 Å². The Hall–Kier alpha value is -0.930. The number of fused-ring (bicyclic) bond motifs is 2. The molecule has 2 nitrogen and oxygen atoms in total. The number of hydrogen-bond donors (Lipinski definition) is 1. The van der Waals surface area contributed by atoms with Crippen molar-refractivity contribution < 1.29 is 9.13 Å². The molecule has 3 rings (SSSR count). The Morgan fingerprint density at radius 3 is 3.13 bits per heavy atom. The van der Waals surface area contributed by atoms with Crippen molar-refractivity contribution in [2.24, 2.45) is 0 Å². The SMILES string of the molecule is Fc1ccc2c(c1)C1(CCCNC1)OC2. The first-order valence-corrected chi connectivity index (χ1v) is 5.44. The van der Waals surface area contributed by atoms with E-state index in [0.29, 0.717) is 6.61 Å². The maximum atomic E-state index is 13.2. The zero-order valence-electron chi connectivity index (χ0n) is 8.55. The van der Waals surface area contributed by atoms with Crippen LogP contribution in [0.25, 0.3) is 0 Å². The highest BCUT2D eigenvalue weighted by Crippen LogP contribution is 2.41. The van der Waals surface area contributed by atoms with Gasteiger partial charge in [0.2, 0.25) is 0 Å². The molecule has 2 aliphatic rings. The molecule has 1 aromatic rings. The molecule has 1 saturated heterocycles. The van der Waals surface area contributed by atoms with E-state index in [0.717, 1.165) is 37.1 Å². The number of halogens is 1. The standard InChI is InChI=1S/C12H14FNO/c13-10-3-2-9-7-15-12(11(9)6-10)4-1-5-14-8-12/h2-3,6,14H,1,4-5,7-8H2. The number of piperidine rings is 1. The molecule has 2 aliphatic heterocycles. The number of ether oxygens (including phenoxy) is 1. The highest BCUT2D eigenvalue weighted by molar-refractivity contribution is 5.36. The summed E-state index contributed by atoms with van der Waals surface area (Å²) in [4.78, 5) is 0. The predicted octanol–water partition coefficient (Wildman–Crippen LogP) is 1.93. The Labute approximate surface area is 88.4 Å². The molecule has 0 aromatic heterocycles. The van der Waals surface area contributed by atoms with Crippen LogP contribution < -0.4 is 5.32 Å². The molecule has 1 N–H and O–H groups in total. The van der Waals surface area contributed by atoms with Gasteiger partial charge in [0.05, 0.1) is 6.61 Å². The molecule has 3 heteroatoms. The fraction of sp³-hybridized carbons (Fsp3) is 0.500. The van der Waals surface area contributed by atoms with Crippen LogP contribution in [0.4, 0.5) is 4.39 Å². The Balaban J connectivity index is 2.05. The summed E-state index contributed by atoms with van der Waals surface area (Å²) < 4.78 is 19.1. The van der Waals surface area contributed by atoms with Crippen LogP contribution in [-0.2, 0) is 16.9 Å². The van der Waals surface area contributed by atoms with Crippen LogP contribution in [0.2, 0.25) is 0 Å². The molecular formula is C12H14FNO. The largest absolute Gasteiger partial charge is 0.364 e. The Morgan fingerprint density at radius 2 is 2.33 bits per heavy atom. The monoisotopic (exact) mass is 207 g/mol. The summed E-state index contributed by atoms with van der Waals surface area (Å²) in [5, 5.41) is 3.33. The second-order valence-corrected chi connectivity index (χ2v) is 4.36. The molecule has 1 atom stereocenters. The van der Waals surface area contributed by atoms with E-state index < -0.39 is 0 Å². The van der Waals surface area contributed by atoms with Crippen molar-refractivity contribution >= 4 is 0 Å². The maximum absolute atomic E-state index is 13.2. The van der Waals surface area contributed by atoms with E-state index in [-0.39, 0.29) is 11.4 Å². The first-order valence-electron chi connectivity index (χ1n) is 5.44. The van der Waals surface area contributed by atoms with Gasteiger partial charge in [-0.15, -0.1) is 0 Å². The molecule has 0 radical (unpaired) electrons. The van der Waals surface area contributed by atoms with Crippen molar-refractivity contribution in [1.82, 2.24) is 5.32 Å². The predicted molar refractivity (Wildman–Crippen MR) is 55.0 cm³/mol. The minimum Gasteiger partial charge on any atom is -0.364 e. The van der Waals surface area contributed by atoms with Gasteiger partial charge in [-0.3, -0.25) is 0 Å². The highest BCUT2D eigenvalue weighted by atomic mass is 19.1. The molecule has 1 unspecified atom stereocenters. The van der Waals surface area contributed by atoms with Crippen LogP contribution in [0, 0.1) is 5.82 Å². The van der Waals surface area contributed by atoms with Gasteiger partial charge < -0.3 is 10.1 Å². The van der Waals surface area contributed by atoms with E-state index in [1.165, 1.54) is 6.07 Å². The third kappa shape index (κ3) is 1.38. The van der Waals surface area contributed by atoms with Gasteiger partial charge >= 0.3 is 0 Å². The summed E-state index contributed by atoms with van der Waals surface area (Å²) in [5.41, 5.74) is 1.94. The summed E-state index contributed by atoms with van der Waals surface area (Å²) >= 11 is 0. The Bertz CT molecular complexity index is 380. The maximum Gasteiger partial charge on any atom is 0.123 e. The van der Waals surface area contributed by atoms with Crippen molar-refractivity contribution in [3.8, 4) is 0 Å². The van der Waals surface area contributed by atoms with Crippen molar-refractivity contribution in [1.29, 1.82) is 0 Å². The number of benzene rings is 1. The molecule has 80 valence electrons. The zero-order valence-corrected chi connectivity index (χ0v) is 8.55. The second kappa shape index (κ2) is 3.29. The first kappa shape index (κ1) is 9.31. The van der Waals surface area contributed by atoms with Gasteiger partial charge in [-0.2, -0.15) is 0 Å².